The third-order valence-electron chi connectivity index (χ3n) is 2.32. The number of hydrogen-bond acceptors (Lipinski definition) is 5. The van der Waals surface area contributed by atoms with Crippen molar-refractivity contribution in [1.82, 2.24) is 10.1 Å². The Hall–Kier alpha value is -1.40. The number of aliphatic carboxylic acids is 1. The zero-order chi connectivity index (χ0) is 10.7. The molecular weight excluding hydrogens is 200 g/mol. The van der Waals surface area contributed by atoms with Crippen molar-refractivity contribution in [3.05, 3.63) is 18.0 Å². The third-order valence-corrected chi connectivity index (χ3v) is 2.32. The van der Waals surface area contributed by atoms with E-state index in [2.05, 4.69) is 5.16 Å². The van der Waals surface area contributed by atoms with Crippen LogP contribution in [0.4, 0.5) is 0 Å². The average Bonchev–Trinajstić information content (AvgIpc) is 2.71. The summed E-state index contributed by atoms with van der Waals surface area (Å²) in [6.45, 7) is 2.23. The SMILES string of the molecule is O=C(O)C1CN(Cc2cnoc2)CCO1. The molecule has 0 bridgehead atoms. The van der Waals surface area contributed by atoms with Crippen molar-refractivity contribution in [1.29, 1.82) is 0 Å². The van der Waals surface area contributed by atoms with Gasteiger partial charge in [0.15, 0.2) is 6.10 Å². The molecule has 2 rings (SSSR count). The van der Waals surface area contributed by atoms with E-state index in [0.717, 1.165) is 12.1 Å². The molecule has 15 heavy (non-hydrogen) atoms. The maximum atomic E-state index is 10.7. The maximum Gasteiger partial charge on any atom is 0.334 e. The molecule has 1 saturated heterocycles. The fourth-order valence-electron chi connectivity index (χ4n) is 1.56. The number of aromatic nitrogens is 1. The van der Waals surface area contributed by atoms with Gasteiger partial charge in [0.05, 0.1) is 12.8 Å². The first-order chi connectivity index (χ1) is 7.25. The minimum atomic E-state index is -0.912. The number of morpholine rings is 1. The van der Waals surface area contributed by atoms with Gasteiger partial charge in [0, 0.05) is 25.2 Å². The van der Waals surface area contributed by atoms with Crippen LogP contribution in [0.1, 0.15) is 5.56 Å². The van der Waals surface area contributed by atoms with Crippen LogP contribution in [0.5, 0.6) is 0 Å². The highest BCUT2D eigenvalue weighted by molar-refractivity contribution is 5.72. The normalized spacial score (nSPS) is 22.8. The van der Waals surface area contributed by atoms with Crippen molar-refractivity contribution >= 4 is 5.97 Å². The second kappa shape index (κ2) is 4.41. The standard InChI is InChI=1S/C9H12N2O4/c12-9(13)8-5-11(1-2-14-8)4-7-3-10-15-6-7/h3,6,8H,1-2,4-5H2,(H,12,13). The van der Waals surface area contributed by atoms with Crippen LogP contribution in [0.25, 0.3) is 0 Å². The number of carboxylic acid groups (broad SMARTS) is 1. The van der Waals surface area contributed by atoms with Gasteiger partial charge in [0.1, 0.15) is 6.26 Å². The Kier molecular flexibility index (Phi) is 2.98. The first-order valence-corrected chi connectivity index (χ1v) is 4.71. The van der Waals surface area contributed by atoms with Crippen molar-refractivity contribution in [3.63, 3.8) is 0 Å². The third kappa shape index (κ3) is 2.54. The molecular formula is C9H12N2O4. The molecule has 1 fully saturated rings. The summed E-state index contributed by atoms with van der Waals surface area (Å²) in [6, 6.07) is 0. The van der Waals surface area contributed by atoms with Gasteiger partial charge in [-0.05, 0) is 0 Å². The molecule has 0 saturated carbocycles. The fraction of sp³-hybridized carbons (Fsp3) is 0.556. The van der Waals surface area contributed by atoms with E-state index < -0.39 is 12.1 Å². The Bertz CT molecular complexity index is 325. The minimum absolute atomic E-state index is 0.403. The number of ether oxygens (including phenoxy) is 1. The summed E-state index contributed by atoms with van der Waals surface area (Å²) in [4.78, 5) is 12.7. The largest absolute Gasteiger partial charge is 0.479 e. The lowest BCUT2D eigenvalue weighted by atomic mass is 10.2. The highest BCUT2D eigenvalue weighted by Crippen LogP contribution is 2.09. The molecule has 82 valence electrons. The molecule has 1 aliphatic rings. The van der Waals surface area contributed by atoms with Gasteiger partial charge in [-0.2, -0.15) is 0 Å². The van der Waals surface area contributed by atoms with Gasteiger partial charge in [0.2, 0.25) is 0 Å². The summed E-state index contributed by atoms with van der Waals surface area (Å²) in [7, 11) is 0. The molecule has 6 heteroatoms. The lowest BCUT2D eigenvalue weighted by Gasteiger charge is -2.30. The van der Waals surface area contributed by atoms with Gasteiger partial charge in [-0.15, -0.1) is 0 Å². The van der Waals surface area contributed by atoms with Crippen LogP contribution in [-0.2, 0) is 16.1 Å². The molecule has 1 aromatic rings. The summed E-state index contributed by atoms with van der Waals surface area (Å²) in [5.41, 5.74) is 0.945. The van der Waals surface area contributed by atoms with Crippen LogP contribution in [0.2, 0.25) is 0 Å². The van der Waals surface area contributed by atoms with Crippen LogP contribution in [0.3, 0.4) is 0 Å². The first-order valence-electron chi connectivity index (χ1n) is 4.71. The maximum absolute atomic E-state index is 10.7. The van der Waals surface area contributed by atoms with Crippen molar-refractivity contribution < 1.29 is 19.2 Å². The molecule has 0 radical (unpaired) electrons. The zero-order valence-corrected chi connectivity index (χ0v) is 8.13. The Morgan fingerprint density at radius 3 is 3.27 bits per heavy atom. The van der Waals surface area contributed by atoms with Crippen LogP contribution in [-0.4, -0.2) is 46.9 Å². The molecule has 0 aromatic carbocycles. The predicted octanol–water partition coefficient (Wildman–Crippen LogP) is -0.0400. The van der Waals surface area contributed by atoms with Crippen LogP contribution in [0, 0.1) is 0 Å². The number of carboxylic acids is 1. The van der Waals surface area contributed by atoms with E-state index in [1.54, 1.807) is 12.5 Å². The van der Waals surface area contributed by atoms with Gasteiger partial charge in [-0.25, -0.2) is 4.79 Å². The van der Waals surface area contributed by atoms with Gasteiger partial charge >= 0.3 is 5.97 Å². The molecule has 0 aliphatic carbocycles. The van der Waals surface area contributed by atoms with E-state index in [-0.39, 0.29) is 0 Å². The molecule has 1 unspecified atom stereocenters. The number of nitrogens with zero attached hydrogens (tertiary/aromatic N) is 2. The minimum Gasteiger partial charge on any atom is -0.479 e. The number of rotatable bonds is 3. The molecule has 6 nitrogen and oxygen atoms in total. The van der Waals surface area contributed by atoms with Gasteiger partial charge in [0.25, 0.3) is 0 Å². The summed E-state index contributed by atoms with van der Waals surface area (Å²) in [5, 5.41) is 12.4. The number of carbonyl (C=O) groups is 1. The van der Waals surface area contributed by atoms with E-state index in [4.69, 9.17) is 14.4 Å². The summed E-state index contributed by atoms with van der Waals surface area (Å²) in [6.07, 6.45) is 2.47. The Balaban J connectivity index is 1.90. The van der Waals surface area contributed by atoms with Crippen LogP contribution < -0.4 is 0 Å². The molecule has 1 aliphatic heterocycles. The first kappa shape index (κ1) is 10.1. The molecule has 0 amide bonds. The lowest BCUT2D eigenvalue weighted by molar-refractivity contribution is -0.156. The zero-order valence-electron chi connectivity index (χ0n) is 8.13. The summed E-state index contributed by atoms with van der Waals surface area (Å²) < 4.78 is 9.81. The number of hydrogen-bond donors (Lipinski definition) is 1. The van der Waals surface area contributed by atoms with Gasteiger partial charge in [-0.1, -0.05) is 5.16 Å². The van der Waals surface area contributed by atoms with E-state index in [9.17, 15) is 4.79 Å². The van der Waals surface area contributed by atoms with E-state index in [0.29, 0.717) is 19.7 Å². The van der Waals surface area contributed by atoms with Crippen molar-refractivity contribution in [2.75, 3.05) is 19.7 Å². The van der Waals surface area contributed by atoms with Gasteiger partial charge < -0.3 is 14.4 Å². The Morgan fingerprint density at radius 1 is 1.73 bits per heavy atom. The Morgan fingerprint density at radius 2 is 2.60 bits per heavy atom. The van der Waals surface area contributed by atoms with E-state index in [1.165, 1.54) is 0 Å². The topological polar surface area (TPSA) is 75.8 Å². The summed E-state index contributed by atoms with van der Waals surface area (Å²) >= 11 is 0. The van der Waals surface area contributed by atoms with Crippen LogP contribution >= 0.6 is 0 Å². The predicted molar refractivity (Wildman–Crippen MR) is 49.2 cm³/mol. The van der Waals surface area contributed by atoms with Crippen molar-refractivity contribution in [2.45, 2.75) is 12.6 Å². The smallest absolute Gasteiger partial charge is 0.334 e. The fourth-order valence-corrected chi connectivity index (χ4v) is 1.56. The molecule has 2 heterocycles. The average molecular weight is 212 g/mol. The second-order valence-electron chi connectivity index (χ2n) is 3.47. The second-order valence-corrected chi connectivity index (χ2v) is 3.47. The van der Waals surface area contributed by atoms with Crippen molar-refractivity contribution in [2.24, 2.45) is 0 Å². The van der Waals surface area contributed by atoms with Crippen LogP contribution in [0.15, 0.2) is 17.0 Å². The summed E-state index contributed by atoms with van der Waals surface area (Å²) in [5.74, 6) is -0.912. The molecule has 1 N–H and O–H groups in total. The highest BCUT2D eigenvalue weighted by atomic mass is 16.5. The van der Waals surface area contributed by atoms with E-state index in [1.807, 2.05) is 4.90 Å². The highest BCUT2D eigenvalue weighted by Gasteiger charge is 2.26. The molecule has 1 aromatic heterocycles. The lowest BCUT2D eigenvalue weighted by Crippen LogP contribution is -2.45. The molecule has 1 atom stereocenters. The monoisotopic (exact) mass is 212 g/mol. The van der Waals surface area contributed by atoms with E-state index >= 15 is 0 Å². The quantitative estimate of drug-likeness (QED) is 0.757. The molecule has 0 spiro atoms. The Labute approximate surface area is 86.4 Å². The van der Waals surface area contributed by atoms with Crippen molar-refractivity contribution in [3.8, 4) is 0 Å². The van der Waals surface area contributed by atoms with Gasteiger partial charge in [-0.3, -0.25) is 4.90 Å².